The largest absolute Gasteiger partial charge is 0.332 e. The molecule has 1 aliphatic heterocycles. The highest BCUT2D eigenvalue weighted by molar-refractivity contribution is 6.05. The van der Waals surface area contributed by atoms with Gasteiger partial charge < -0.3 is 10.2 Å². The summed E-state index contributed by atoms with van der Waals surface area (Å²) in [7, 11) is 2.92. The number of carbonyl (C=O) groups is 2. The number of amides is 2. The minimum atomic E-state index is -0.479. The van der Waals surface area contributed by atoms with Gasteiger partial charge in [0.15, 0.2) is 0 Å². The Kier molecular flexibility index (Phi) is 4.94. The lowest BCUT2D eigenvalue weighted by Crippen LogP contribution is -2.37. The molecular formula is C21H21N5O4. The van der Waals surface area contributed by atoms with Crippen LogP contribution in [0, 0.1) is 0 Å². The number of rotatable bonds is 3. The van der Waals surface area contributed by atoms with E-state index < -0.39 is 11.2 Å². The van der Waals surface area contributed by atoms with Crippen LogP contribution in [0.1, 0.15) is 29.6 Å². The summed E-state index contributed by atoms with van der Waals surface area (Å²) in [4.78, 5) is 55.0. The molecule has 2 amide bonds. The molecule has 2 aromatic heterocycles. The quantitative estimate of drug-likeness (QED) is 0.706. The van der Waals surface area contributed by atoms with Gasteiger partial charge in [0, 0.05) is 38.3 Å². The second-order valence-corrected chi connectivity index (χ2v) is 7.30. The lowest BCUT2D eigenvalue weighted by atomic mass is 10.1. The maximum absolute atomic E-state index is 12.6. The van der Waals surface area contributed by atoms with Crippen LogP contribution in [0.4, 0.5) is 11.4 Å². The molecule has 0 radical (unpaired) electrons. The number of nitrogens with one attached hydrogen (secondary N) is 1. The number of hydrogen-bond acceptors (Lipinski definition) is 5. The number of benzene rings is 1. The molecule has 0 bridgehead atoms. The van der Waals surface area contributed by atoms with Crippen molar-refractivity contribution in [3.63, 3.8) is 0 Å². The summed E-state index contributed by atoms with van der Waals surface area (Å²) < 4.78 is 2.28. The van der Waals surface area contributed by atoms with Crippen molar-refractivity contribution in [2.75, 3.05) is 16.8 Å². The number of hydrogen-bond donors (Lipinski definition) is 1. The third-order valence-corrected chi connectivity index (χ3v) is 5.32. The van der Waals surface area contributed by atoms with Crippen LogP contribution in [-0.2, 0) is 18.9 Å². The summed E-state index contributed by atoms with van der Waals surface area (Å²) in [5.74, 6) is -0.272. The Morgan fingerprint density at radius 3 is 2.47 bits per heavy atom. The van der Waals surface area contributed by atoms with Gasteiger partial charge in [0.25, 0.3) is 11.5 Å². The van der Waals surface area contributed by atoms with E-state index in [0.29, 0.717) is 24.2 Å². The number of fused-ring (bicyclic) bond motifs is 1. The molecule has 0 aliphatic carbocycles. The zero-order chi connectivity index (χ0) is 21.4. The van der Waals surface area contributed by atoms with Crippen molar-refractivity contribution < 1.29 is 9.59 Å². The number of aryl methyl sites for hydroxylation is 1. The van der Waals surface area contributed by atoms with Crippen LogP contribution in [0.15, 0.2) is 46.1 Å². The molecule has 1 aromatic carbocycles. The highest BCUT2D eigenvalue weighted by Crippen LogP contribution is 2.22. The molecule has 0 atom stereocenters. The summed E-state index contributed by atoms with van der Waals surface area (Å²) in [5.41, 5.74) is 0.830. The Morgan fingerprint density at radius 2 is 1.77 bits per heavy atom. The van der Waals surface area contributed by atoms with E-state index in [0.717, 1.165) is 23.1 Å². The molecule has 0 saturated carbocycles. The summed E-state index contributed by atoms with van der Waals surface area (Å²) in [5, 5.41) is 2.95. The normalized spacial score (nSPS) is 14.2. The number of pyridine rings is 1. The topological polar surface area (TPSA) is 106 Å². The second-order valence-electron chi connectivity index (χ2n) is 7.30. The van der Waals surface area contributed by atoms with Gasteiger partial charge in [-0.2, -0.15) is 0 Å². The molecule has 3 aromatic rings. The van der Waals surface area contributed by atoms with Crippen molar-refractivity contribution in [2.24, 2.45) is 14.1 Å². The summed E-state index contributed by atoms with van der Waals surface area (Å²) in [6.07, 6.45) is 3.82. The summed E-state index contributed by atoms with van der Waals surface area (Å²) >= 11 is 0. The standard InChI is InChI=1S/C21H21N5O4/c1-24-18-16(20(29)25(2)21(24)30)11-14(12-22-18)23-19(28)13-6-8-15(9-7-13)26-10-4-3-5-17(26)27/h6-9,11-12H,3-5,10H2,1-2H3,(H,23,28). The summed E-state index contributed by atoms with van der Waals surface area (Å²) in [6.45, 7) is 0.685. The van der Waals surface area contributed by atoms with E-state index >= 15 is 0 Å². The fourth-order valence-corrected chi connectivity index (χ4v) is 3.61. The maximum Gasteiger partial charge on any atom is 0.332 e. The van der Waals surface area contributed by atoms with Crippen LogP contribution >= 0.6 is 0 Å². The van der Waals surface area contributed by atoms with Crippen LogP contribution in [0.25, 0.3) is 11.0 Å². The first-order valence-corrected chi connectivity index (χ1v) is 9.64. The molecule has 154 valence electrons. The molecule has 30 heavy (non-hydrogen) atoms. The van der Waals surface area contributed by atoms with Gasteiger partial charge >= 0.3 is 5.69 Å². The van der Waals surface area contributed by atoms with Crippen LogP contribution in [0.3, 0.4) is 0 Å². The Labute approximate surface area is 171 Å². The number of piperidine rings is 1. The Morgan fingerprint density at radius 1 is 1.03 bits per heavy atom. The molecule has 1 saturated heterocycles. The third-order valence-electron chi connectivity index (χ3n) is 5.32. The molecular weight excluding hydrogens is 386 g/mol. The highest BCUT2D eigenvalue weighted by atomic mass is 16.2. The average molecular weight is 407 g/mol. The van der Waals surface area contributed by atoms with Gasteiger partial charge in [0.1, 0.15) is 5.65 Å². The molecule has 0 unspecified atom stereocenters. The van der Waals surface area contributed by atoms with Crippen LogP contribution < -0.4 is 21.5 Å². The third kappa shape index (κ3) is 3.38. The fourth-order valence-electron chi connectivity index (χ4n) is 3.61. The van der Waals surface area contributed by atoms with Crippen LogP contribution in [0.5, 0.6) is 0 Å². The smallest absolute Gasteiger partial charge is 0.321 e. The minimum absolute atomic E-state index is 0.0941. The molecule has 3 heterocycles. The van der Waals surface area contributed by atoms with Gasteiger partial charge in [-0.05, 0) is 43.2 Å². The fraction of sp³-hybridized carbons (Fsp3) is 0.286. The number of nitrogens with zero attached hydrogens (tertiary/aromatic N) is 4. The zero-order valence-electron chi connectivity index (χ0n) is 16.7. The van der Waals surface area contributed by atoms with Crippen molar-refractivity contribution in [3.05, 3.63) is 62.9 Å². The molecule has 9 heteroatoms. The van der Waals surface area contributed by atoms with Crippen molar-refractivity contribution in [3.8, 4) is 0 Å². The van der Waals surface area contributed by atoms with E-state index in [4.69, 9.17) is 0 Å². The van der Waals surface area contributed by atoms with Crippen LogP contribution in [0.2, 0.25) is 0 Å². The predicted molar refractivity (Wildman–Crippen MR) is 113 cm³/mol. The van der Waals surface area contributed by atoms with E-state index in [-0.39, 0.29) is 22.8 Å². The first-order chi connectivity index (χ1) is 14.4. The van der Waals surface area contributed by atoms with E-state index in [1.165, 1.54) is 30.9 Å². The van der Waals surface area contributed by atoms with Crippen LogP contribution in [-0.4, -0.2) is 32.5 Å². The first-order valence-electron chi connectivity index (χ1n) is 9.64. The number of anilines is 2. The molecule has 1 fully saturated rings. The van der Waals surface area contributed by atoms with E-state index in [1.807, 2.05) is 0 Å². The number of aromatic nitrogens is 3. The van der Waals surface area contributed by atoms with E-state index in [2.05, 4.69) is 10.3 Å². The van der Waals surface area contributed by atoms with E-state index in [1.54, 1.807) is 29.2 Å². The van der Waals surface area contributed by atoms with Gasteiger partial charge in [-0.1, -0.05) is 0 Å². The van der Waals surface area contributed by atoms with Crippen molar-refractivity contribution in [2.45, 2.75) is 19.3 Å². The monoisotopic (exact) mass is 407 g/mol. The Balaban J connectivity index is 1.58. The Bertz CT molecular complexity index is 1270. The predicted octanol–water partition coefficient (Wildman–Crippen LogP) is 1.40. The molecule has 4 rings (SSSR count). The van der Waals surface area contributed by atoms with Gasteiger partial charge in [-0.25, -0.2) is 9.78 Å². The van der Waals surface area contributed by atoms with Gasteiger partial charge in [0.05, 0.1) is 17.3 Å². The average Bonchev–Trinajstić information content (AvgIpc) is 2.76. The first kappa shape index (κ1) is 19.6. The van der Waals surface area contributed by atoms with Crippen molar-refractivity contribution in [1.82, 2.24) is 14.1 Å². The van der Waals surface area contributed by atoms with Gasteiger partial charge in [0.2, 0.25) is 5.91 Å². The SMILES string of the molecule is Cn1c(=O)c2cc(NC(=O)c3ccc(N4CCCCC4=O)cc3)cnc2n(C)c1=O. The zero-order valence-corrected chi connectivity index (χ0v) is 16.7. The molecule has 1 N–H and O–H groups in total. The van der Waals surface area contributed by atoms with Gasteiger partial charge in [-0.3, -0.25) is 23.5 Å². The van der Waals surface area contributed by atoms with Gasteiger partial charge in [-0.15, -0.1) is 0 Å². The highest BCUT2D eigenvalue weighted by Gasteiger charge is 2.20. The summed E-state index contributed by atoms with van der Waals surface area (Å²) in [6, 6.07) is 8.32. The molecule has 1 aliphatic rings. The lowest BCUT2D eigenvalue weighted by Gasteiger charge is -2.26. The Hall–Kier alpha value is -3.75. The molecule has 9 nitrogen and oxygen atoms in total. The number of carbonyl (C=O) groups excluding carboxylic acids is 2. The minimum Gasteiger partial charge on any atom is -0.321 e. The van der Waals surface area contributed by atoms with E-state index in [9.17, 15) is 19.2 Å². The molecule has 0 spiro atoms. The van der Waals surface area contributed by atoms with Crippen molar-refractivity contribution >= 4 is 34.2 Å². The lowest BCUT2D eigenvalue weighted by molar-refractivity contribution is -0.119. The second kappa shape index (κ2) is 7.58. The maximum atomic E-state index is 12.6. The van der Waals surface area contributed by atoms with Crippen molar-refractivity contribution in [1.29, 1.82) is 0 Å².